The molecule has 0 aliphatic carbocycles. The fourth-order valence-electron chi connectivity index (χ4n) is 15.0. The van der Waals surface area contributed by atoms with Gasteiger partial charge in [-0.2, -0.15) is 75.0 Å². The van der Waals surface area contributed by atoms with Crippen LogP contribution >= 0.6 is 15.9 Å². The lowest BCUT2D eigenvalue weighted by Crippen LogP contribution is -3.00. The number of hydrogen-bond donors (Lipinski definition) is 5. The minimum Gasteiger partial charge on any atom is -1.00 e. The number of alkyl halides is 9. The van der Waals surface area contributed by atoms with Gasteiger partial charge >= 0.3 is 18.5 Å². The minimum atomic E-state index is -4.49. The van der Waals surface area contributed by atoms with Crippen molar-refractivity contribution < 1.29 is 119 Å². The highest BCUT2D eigenvalue weighted by Crippen LogP contribution is 2.35. The van der Waals surface area contributed by atoms with Crippen molar-refractivity contribution in [3.63, 3.8) is 0 Å². The average Bonchev–Trinajstić information content (AvgIpc) is 1.63. The second-order valence-corrected chi connectivity index (χ2v) is 33.0. The van der Waals surface area contributed by atoms with Gasteiger partial charge in [-0.05, 0) is 220 Å². The maximum Gasteiger partial charge on any atom is 0.416 e. The summed E-state index contributed by atoms with van der Waals surface area (Å²) < 4.78 is 192. The summed E-state index contributed by atoms with van der Waals surface area (Å²) in [6.07, 6.45) is 12.2. The van der Waals surface area contributed by atoms with E-state index >= 15 is 0 Å². The van der Waals surface area contributed by atoms with Crippen molar-refractivity contribution in [2.24, 2.45) is 7.05 Å². The van der Waals surface area contributed by atoms with Crippen LogP contribution in [0, 0.1) is 45.6 Å². The lowest BCUT2D eigenvalue weighted by atomic mass is 10.1. The molecular weight excluding hydrogens is 2130 g/mol. The molecule has 8 aromatic carbocycles. The molecule has 45 heteroatoms. The second-order valence-electron chi connectivity index (χ2n) is 32.1. The fourth-order valence-corrected chi connectivity index (χ4v) is 15.3. The molecule has 5 N–H and O–H groups in total. The molecule has 0 spiro atoms. The Labute approximate surface area is 852 Å². The molecule has 0 atom stereocenters. The van der Waals surface area contributed by atoms with Crippen molar-refractivity contribution in [1.29, 1.82) is 5.26 Å². The first-order chi connectivity index (χ1) is 70.5. The van der Waals surface area contributed by atoms with Crippen molar-refractivity contribution in [1.82, 2.24) is 100 Å². The van der Waals surface area contributed by atoms with Gasteiger partial charge in [0.1, 0.15) is 74.7 Å². The lowest BCUT2D eigenvalue weighted by Gasteiger charge is -2.10. The summed E-state index contributed by atoms with van der Waals surface area (Å²) in [5.41, 5.74) is 7.66. The predicted octanol–water partition coefficient (Wildman–Crippen LogP) is 15.6. The average molecular weight is 2200 g/mol. The van der Waals surface area contributed by atoms with Gasteiger partial charge in [0, 0.05) is 90.6 Å². The van der Waals surface area contributed by atoms with Gasteiger partial charge in [0.2, 0.25) is 6.20 Å². The molecule has 12 aromatic heterocycles. The number of carbonyl (C=O) groups excluding carboxylic acids is 5. The zero-order chi connectivity index (χ0) is 104. The standard InChI is InChI=1S/C22H16F4N4O.C21H14F4N4O2.C21H14F4N4O.C20H13FN6O.C19H13BrFN5O.HI/c1-29-12-19(21(31)27-10-14-3-2-4-15(9-14)22(24,25)26)18-11-28-30(20(18)13-29)17-7-5-16(23)6-8-17;22-15-4-6-16(7-5-15)29-19-12-28(31)11-18(17(19)10-27-29)20(30)26-9-13-2-1-3-14(8-13)21(23,24)25;22-15-4-6-16(7-5-15)29-19-12-26-10-18(17(19)11-28-29)20(30)27-9-13-2-1-3-14(8-13)21(23,24)25;21-14-1-3-16(4-2-14)27-19-12-23-10-18(17(19)11-26-27)20(28)25-9-13-5-6-24-15(7-13)8-22;20-18-6-1-12(7-23-18)8-24-19(27)16-9-22-11-17-15(16)10-25-26(17)14-4-2-13(21)3-5-14;/h2-9,11-13H,10H2,1H3;1-8,10-12H,9H2,(H,26,30);1-8,10-12H,9H2,(H,27,30);1-7,10-12H,9H2,(H,25,28);1-7,9-11H,8H2,(H,24,27);1H. The summed E-state index contributed by atoms with van der Waals surface area (Å²) in [7, 11) is 1.74. The van der Waals surface area contributed by atoms with Crippen molar-refractivity contribution in [3.8, 4) is 34.5 Å². The quantitative estimate of drug-likeness (QED) is 0.0156. The van der Waals surface area contributed by atoms with Crippen LogP contribution in [0.4, 0.5) is 61.5 Å². The molecule has 148 heavy (non-hydrogen) atoms. The van der Waals surface area contributed by atoms with E-state index in [0.717, 1.165) is 58.3 Å². The van der Waals surface area contributed by atoms with E-state index in [9.17, 15) is 90.6 Å². The molecule has 0 aliphatic heterocycles. The molecule has 0 saturated carbocycles. The number of rotatable bonds is 20. The molecule has 0 radical (unpaired) electrons. The Morgan fingerprint density at radius 1 is 0.338 bits per heavy atom. The minimum absolute atomic E-state index is 0. The molecule has 5 amide bonds. The Kier molecular flexibility index (Phi) is 32.3. The number of halogens is 16. The summed E-state index contributed by atoms with van der Waals surface area (Å²) in [5.74, 6) is -4.02. The van der Waals surface area contributed by atoms with Gasteiger partial charge in [0.15, 0.2) is 18.6 Å². The fraction of sp³-hybridized carbons (Fsp3) is 0.0874. The number of benzene rings is 8. The van der Waals surface area contributed by atoms with E-state index in [4.69, 9.17) is 5.26 Å². The van der Waals surface area contributed by atoms with E-state index in [-0.39, 0.29) is 108 Å². The third-order valence-electron chi connectivity index (χ3n) is 22.2. The summed E-state index contributed by atoms with van der Waals surface area (Å²) in [6, 6.07) is 51.9. The number of nitriles is 1. The number of amides is 5. The maximum atomic E-state index is 13.2. The van der Waals surface area contributed by atoms with Gasteiger partial charge in [-0.25, -0.2) is 59.9 Å². The highest BCUT2D eigenvalue weighted by molar-refractivity contribution is 9.10. The topological polar surface area (TPSA) is 354 Å². The van der Waals surface area contributed by atoms with Crippen LogP contribution in [0.1, 0.15) is 102 Å². The number of aromatic nitrogens is 17. The van der Waals surface area contributed by atoms with E-state index < -0.39 is 58.8 Å². The molecule has 20 aromatic rings. The van der Waals surface area contributed by atoms with E-state index in [1.165, 1.54) is 174 Å². The van der Waals surface area contributed by atoms with Crippen molar-refractivity contribution >= 4 is 100.0 Å². The van der Waals surface area contributed by atoms with E-state index in [1.54, 1.807) is 130 Å². The van der Waals surface area contributed by atoms with E-state index in [0.29, 0.717) is 122 Å². The van der Waals surface area contributed by atoms with Crippen LogP contribution in [0.15, 0.2) is 328 Å². The van der Waals surface area contributed by atoms with Crippen LogP contribution in [0.25, 0.3) is 83.0 Å². The summed E-state index contributed by atoms with van der Waals surface area (Å²) in [4.78, 5) is 83.8. The summed E-state index contributed by atoms with van der Waals surface area (Å²) in [5, 5.41) is 58.6. The highest BCUT2D eigenvalue weighted by Gasteiger charge is 2.34. The third kappa shape index (κ3) is 25.3. The number of nitrogens with one attached hydrogen (secondary N) is 5. The molecule has 29 nitrogen and oxygen atoms in total. The summed E-state index contributed by atoms with van der Waals surface area (Å²) >= 11 is 3.28. The van der Waals surface area contributed by atoms with Crippen molar-refractivity contribution in [3.05, 3.63) is 441 Å². The SMILES string of the molecule is C[n+]1cc(C(=O)NCc2cccc(C(F)(F)F)c2)c2cnn(-c3ccc(F)cc3)c2c1.N#Cc1cc(CNC(=O)c2cncc3c2cnn3-c2ccc(F)cc2)ccn1.O=C(NCc1ccc(Br)nc1)c1cncc2c1cnn2-c1ccc(F)cc1.O=C(NCc1cccc(C(F)(F)F)c1)c1c[n+]([O-])cc2c1cnn2-c1ccc(F)cc1.O=C(NCc1cccc(C(F)(F)F)c1)c1cncc2c1cnn2-c1ccc(F)cc1.[I-]. The number of hydrogen-bond acceptors (Lipinski definition) is 17. The Hall–Kier alpha value is -18.0. The van der Waals surface area contributed by atoms with Crippen molar-refractivity contribution in [2.75, 3.05) is 0 Å². The van der Waals surface area contributed by atoms with Crippen LogP contribution in [-0.4, -0.2) is 103 Å². The van der Waals surface area contributed by atoms with Gasteiger partial charge in [-0.3, -0.25) is 38.9 Å². The number of carbonyl (C=O) groups is 5. The number of fused-ring (bicyclic) bond motifs is 5. The number of aryl methyl sites for hydroxylation is 1. The van der Waals surface area contributed by atoms with Gasteiger partial charge in [0.25, 0.3) is 29.5 Å². The third-order valence-corrected chi connectivity index (χ3v) is 22.7. The monoisotopic (exact) mass is 2200 g/mol. The Morgan fingerprint density at radius 3 is 0.939 bits per heavy atom. The lowest BCUT2D eigenvalue weighted by molar-refractivity contribution is -0.670. The van der Waals surface area contributed by atoms with Crippen LogP contribution in [0.5, 0.6) is 0 Å². The first kappa shape index (κ1) is 104. The van der Waals surface area contributed by atoms with Crippen LogP contribution in [0.2, 0.25) is 0 Å². The zero-order valence-corrected chi connectivity index (χ0v) is 79.9. The Bertz CT molecular complexity index is 8120. The zero-order valence-electron chi connectivity index (χ0n) is 76.2. The predicted molar refractivity (Wildman–Crippen MR) is 510 cm³/mol. The van der Waals surface area contributed by atoms with Crippen LogP contribution < -0.4 is 59.9 Å². The number of nitrogens with zero attached hydrogens (tertiary/aromatic N) is 18. The second kappa shape index (κ2) is 45.7. The van der Waals surface area contributed by atoms with Gasteiger partial charge in [-0.15, -0.1) is 0 Å². The van der Waals surface area contributed by atoms with E-state index in [2.05, 4.69) is 92.9 Å². The van der Waals surface area contributed by atoms with Gasteiger partial charge in [0.05, 0.1) is 128 Å². The first-order valence-electron chi connectivity index (χ1n) is 43.6. The summed E-state index contributed by atoms with van der Waals surface area (Å²) in [6.45, 7) is 0.296. The molecule has 746 valence electrons. The molecular formula is C103H71BrF14IN23O6. The first-order valence-corrected chi connectivity index (χ1v) is 44.4. The molecule has 0 fully saturated rings. The maximum absolute atomic E-state index is 13.2. The molecule has 0 saturated heterocycles. The van der Waals surface area contributed by atoms with Crippen LogP contribution in [-0.2, 0) is 58.3 Å². The molecule has 0 bridgehead atoms. The smallest absolute Gasteiger partial charge is 0.416 e. The largest absolute Gasteiger partial charge is 1.00 e. The molecule has 0 unspecified atom stereocenters. The molecule has 0 aliphatic rings. The van der Waals surface area contributed by atoms with Gasteiger partial charge < -0.3 is 55.8 Å². The van der Waals surface area contributed by atoms with Crippen LogP contribution in [0.3, 0.4) is 0 Å². The molecule has 12 heterocycles. The van der Waals surface area contributed by atoms with E-state index in [1.807, 2.05) is 18.2 Å². The highest BCUT2D eigenvalue weighted by atomic mass is 127. The normalized spacial score (nSPS) is 11.2. The van der Waals surface area contributed by atoms with Gasteiger partial charge in [-0.1, -0.05) is 42.5 Å². The number of pyridine rings is 7. The molecule has 20 rings (SSSR count). The van der Waals surface area contributed by atoms with Crippen molar-refractivity contribution in [2.45, 2.75) is 51.3 Å². The Balaban J connectivity index is 0.000000138. The Morgan fingerprint density at radius 2 is 0.628 bits per heavy atom.